The predicted molar refractivity (Wildman–Crippen MR) is 112 cm³/mol. The predicted octanol–water partition coefficient (Wildman–Crippen LogP) is 4.52. The van der Waals surface area contributed by atoms with Crippen LogP contribution in [-0.4, -0.2) is 29.9 Å². The first-order valence-corrected chi connectivity index (χ1v) is 11.0. The summed E-state index contributed by atoms with van der Waals surface area (Å²) in [5.41, 5.74) is 4.25. The third-order valence-electron chi connectivity index (χ3n) is 7.12. The molecule has 3 aliphatic rings. The van der Waals surface area contributed by atoms with Crippen LogP contribution in [-0.2, 0) is 16.8 Å². The zero-order chi connectivity index (χ0) is 19.8. The van der Waals surface area contributed by atoms with Gasteiger partial charge in [0, 0.05) is 19.0 Å². The van der Waals surface area contributed by atoms with Gasteiger partial charge in [-0.15, -0.1) is 0 Å². The Balaban J connectivity index is 1.27. The van der Waals surface area contributed by atoms with Crippen molar-refractivity contribution >= 4 is 5.91 Å². The van der Waals surface area contributed by atoms with Crippen LogP contribution in [0.4, 0.5) is 4.39 Å². The number of benzene rings is 2. The number of likely N-dealkylation sites (tertiary alicyclic amines) is 1. The van der Waals surface area contributed by atoms with Gasteiger partial charge < -0.3 is 5.32 Å². The number of nitrogens with one attached hydrogen (secondary N) is 1. The van der Waals surface area contributed by atoms with E-state index in [9.17, 15) is 9.18 Å². The minimum Gasteiger partial charge on any atom is -0.353 e. The lowest BCUT2D eigenvalue weighted by molar-refractivity contribution is -0.121. The maximum atomic E-state index is 13.2. The highest BCUT2D eigenvalue weighted by molar-refractivity contribution is 5.78. The zero-order valence-corrected chi connectivity index (χ0v) is 16.9. The highest BCUT2D eigenvalue weighted by atomic mass is 19.1. The molecule has 1 atom stereocenters. The van der Waals surface area contributed by atoms with Crippen LogP contribution in [0.15, 0.2) is 48.5 Å². The van der Waals surface area contributed by atoms with E-state index in [1.165, 1.54) is 16.7 Å². The van der Waals surface area contributed by atoms with Gasteiger partial charge in [0.1, 0.15) is 5.82 Å². The Labute approximate surface area is 172 Å². The molecule has 1 spiro atoms. The highest BCUT2D eigenvalue weighted by Crippen LogP contribution is 2.52. The van der Waals surface area contributed by atoms with Gasteiger partial charge in [0.05, 0.1) is 0 Å². The summed E-state index contributed by atoms with van der Waals surface area (Å²) in [6, 6.07) is 16.1. The molecule has 2 aromatic carbocycles. The minimum atomic E-state index is -0.175. The first kappa shape index (κ1) is 18.8. The van der Waals surface area contributed by atoms with E-state index in [1.807, 2.05) is 12.1 Å². The lowest BCUT2D eigenvalue weighted by Gasteiger charge is -2.40. The Morgan fingerprint density at radius 2 is 1.79 bits per heavy atom. The van der Waals surface area contributed by atoms with E-state index in [1.54, 1.807) is 12.1 Å². The Morgan fingerprint density at radius 1 is 1.07 bits per heavy atom. The summed E-state index contributed by atoms with van der Waals surface area (Å²) < 4.78 is 13.2. The van der Waals surface area contributed by atoms with Crippen molar-refractivity contribution in [3.05, 3.63) is 71.0 Å². The molecule has 2 aliphatic carbocycles. The standard InChI is InChI=1S/C25H29FN2O/c26-20-7-5-18(6-8-20)17-28-13-11-25(12-14-28)16-19(15-24(29)27-21-9-10-21)22-3-1-2-4-23(22)25/h1-8,19,21H,9-17H2,(H,27,29)/t19-/m0/s1. The molecule has 5 rings (SSSR count). The smallest absolute Gasteiger partial charge is 0.220 e. The van der Waals surface area contributed by atoms with Gasteiger partial charge in [-0.05, 0) is 85.3 Å². The number of carbonyl (C=O) groups is 1. The molecule has 152 valence electrons. The molecule has 4 heteroatoms. The van der Waals surface area contributed by atoms with Gasteiger partial charge in [-0.1, -0.05) is 36.4 Å². The molecule has 1 saturated carbocycles. The molecule has 0 unspecified atom stereocenters. The van der Waals surface area contributed by atoms with Crippen molar-refractivity contribution in [2.75, 3.05) is 13.1 Å². The molecule has 2 aromatic rings. The molecular weight excluding hydrogens is 363 g/mol. The fourth-order valence-corrected chi connectivity index (χ4v) is 5.41. The number of halogens is 1. The number of nitrogens with zero attached hydrogens (tertiary/aromatic N) is 1. The molecule has 1 aliphatic heterocycles. The molecule has 2 fully saturated rings. The van der Waals surface area contributed by atoms with Crippen molar-refractivity contribution in [1.29, 1.82) is 0 Å². The van der Waals surface area contributed by atoms with Crippen LogP contribution in [0.5, 0.6) is 0 Å². The van der Waals surface area contributed by atoms with Crippen molar-refractivity contribution in [3.8, 4) is 0 Å². The molecule has 1 N–H and O–H groups in total. The van der Waals surface area contributed by atoms with Gasteiger partial charge in [-0.3, -0.25) is 9.69 Å². The molecule has 1 amide bonds. The third-order valence-corrected chi connectivity index (χ3v) is 7.12. The van der Waals surface area contributed by atoms with Gasteiger partial charge in [0.25, 0.3) is 0 Å². The van der Waals surface area contributed by atoms with Crippen LogP contribution in [0, 0.1) is 5.82 Å². The monoisotopic (exact) mass is 392 g/mol. The topological polar surface area (TPSA) is 32.3 Å². The second-order valence-electron chi connectivity index (χ2n) is 9.22. The van der Waals surface area contributed by atoms with Crippen LogP contribution < -0.4 is 5.32 Å². The molecule has 1 heterocycles. The van der Waals surface area contributed by atoms with Gasteiger partial charge in [0.15, 0.2) is 0 Å². The van der Waals surface area contributed by atoms with Crippen molar-refractivity contribution < 1.29 is 9.18 Å². The molecule has 3 nitrogen and oxygen atoms in total. The van der Waals surface area contributed by atoms with Crippen LogP contribution in [0.1, 0.15) is 61.1 Å². The summed E-state index contributed by atoms with van der Waals surface area (Å²) in [5.74, 6) is 0.386. The summed E-state index contributed by atoms with van der Waals surface area (Å²) in [6.07, 6.45) is 6.25. The SMILES string of the molecule is O=C(C[C@H]1CC2(CCN(Cc3ccc(F)cc3)CC2)c2ccccc21)NC1CC1. The van der Waals surface area contributed by atoms with E-state index < -0.39 is 0 Å². The Kier molecular flexibility index (Phi) is 4.91. The number of hydrogen-bond acceptors (Lipinski definition) is 2. The van der Waals surface area contributed by atoms with Crippen molar-refractivity contribution in [2.24, 2.45) is 0 Å². The first-order chi connectivity index (χ1) is 14.1. The van der Waals surface area contributed by atoms with Crippen LogP contribution in [0.25, 0.3) is 0 Å². The minimum absolute atomic E-state index is 0.175. The molecule has 0 bridgehead atoms. The second-order valence-corrected chi connectivity index (χ2v) is 9.22. The molecule has 0 aromatic heterocycles. The maximum Gasteiger partial charge on any atom is 0.220 e. The number of carbonyl (C=O) groups excluding carboxylic acids is 1. The Bertz CT molecular complexity index is 882. The molecule has 1 saturated heterocycles. The van der Waals surface area contributed by atoms with Gasteiger partial charge in [-0.2, -0.15) is 0 Å². The summed E-state index contributed by atoms with van der Waals surface area (Å²) in [7, 11) is 0. The fraction of sp³-hybridized carbons (Fsp3) is 0.480. The molecular formula is C25H29FN2O. The first-order valence-electron chi connectivity index (χ1n) is 11.0. The van der Waals surface area contributed by atoms with Gasteiger partial charge in [-0.25, -0.2) is 4.39 Å². The summed E-state index contributed by atoms with van der Waals surface area (Å²) in [4.78, 5) is 14.9. The number of hydrogen-bond donors (Lipinski definition) is 1. The van der Waals surface area contributed by atoms with E-state index in [0.29, 0.717) is 18.4 Å². The number of rotatable bonds is 5. The lowest BCUT2D eigenvalue weighted by atomic mass is 9.73. The average molecular weight is 393 g/mol. The van der Waals surface area contributed by atoms with E-state index in [-0.39, 0.29) is 17.1 Å². The van der Waals surface area contributed by atoms with Crippen molar-refractivity contribution in [1.82, 2.24) is 10.2 Å². The van der Waals surface area contributed by atoms with Crippen molar-refractivity contribution in [2.45, 2.75) is 62.4 Å². The molecule has 0 radical (unpaired) electrons. The molecule has 29 heavy (non-hydrogen) atoms. The van der Waals surface area contributed by atoms with Crippen LogP contribution in [0.3, 0.4) is 0 Å². The van der Waals surface area contributed by atoms with Gasteiger partial charge in [0.2, 0.25) is 5.91 Å². The van der Waals surface area contributed by atoms with Crippen LogP contribution >= 0.6 is 0 Å². The van der Waals surface area contributed by atoms with Gasteiger partial charge >= 0.3 is 0 Å². The van der Waals surface area contributed by atoms with E-state index in [2.05, 4.69) is 34.5 Å². The maximum absolute atomic E-state index is 13.2. The average Bonchev–Trinajstić information content (AvgIpc) is 3.49. The second kappa shape index (κ2) is 7.56. The van der Waals surface area contributed by atoms with E-state index >= 15 is 0 Å². The van der Waals surface area contributed by atoms with E-state index in [4.69, 9.17) is 0 Å². The normalized spacial score (nSPS) is 23.1. The largest absolute Gasteiger partial charge is 0.353 e. The van der Waals surface area contributed by atoms with Crippen molar-refractivity contribution in [3.63, 3.8) is 0 Å². The Morgan fingerprint density at radius 3 is 2.52 bits per heavy atom. The summed E-state index contributed by atoms with van der Waals surface area (Å²) >= 11 is 0. The lowest BCUT2D eigenvalue weighted by Crippen LogP contribution is -2.41. The van der Waals surface area contributed by atoms with E-state index in [0.717, 1.165) is 51.7 Å². The Hall–Kier alpha value is -2.20. The number of amides is 1. The summed E-state index contributed by atoms with van der Waals surface area (Å²) in [6.45, 7) is 2.98. The highest BCUT2D eigenvalue weighted by Gasteiger charge is 2.45. The number of fused-ring (bicyclic) bond motifs is 2. The third kappa shape index (κ3) is 3.95. The zero-order valence-electron chi connectivity index (χ0n) is 16.9. The fourth-order valence-electron chi connectivity index (χ4n) is 5.41. The van der Waals surface area contributed by atoms with Crippen LogP contribution in [0.2, 0.25) is 0 Å². The quantitative estimate of drug-likeness (QED) is 0.812. The number of piperidine rings is 1. The summed E-state index contributed by atoms with van der Waals surface area (Å²) in [5, 5.41) is 3.17.